The molecule has 0 saturated carbocycles. The van der Waals surface area contributed by atoms with E-state index in [0.717, 1.165) is 60.5 Å². The summed E-state index contributed by atoms with van der Waals surface area (Å²) in [6.07, 6.45) is 3.22. The van der Waals surface area contributed by atoms with Crippen LogP contribution in [0.4, 0.5) is 10.5 Å². The third-order valence-electron chi connectivity index (χ3n) is 7.32. The zero-order chi connectivity index (χ0) is 28.7. The smallest absolute Gasteiger partial charge is 0.493 e. The van der Waals surface area contributed by atoms with Crippen LogP contribution in [0.5, 0.6) is 11.5 Å². The molecule has 1 aliphatic heterocycles. The number of ether oxygens (including phenoxy) is 2. The molecule has 1 saturated heterocycles. The van der Waals surface area contributed by atoms with E-state index in [1.807, 2.05) is 12.1 Å². The van der Waals surface area contributed by atoms with Gasteiger partial charge in [0, 0.05) is 30.4 Å². The number of hydrogen-bond acceptors (Lipinski definition) is 5. The highest BCUT2D eigenvalue weighted by Gasteiger charge is 2.24. The summed E-state index contributed by atoms with van der Waals surface area (Å²) in [5, 5.41) is 12.4. The van der Waals surface area contributed by atoms with Crippen LogP contribution in [-0.2, 0) is 5.41 Å². The van der Waals surface area contributed by atoms with Crippen molar-refractivity contribution in [2.24, 2.45) is 0 Å². The van der Waals surface area contributed by atoms with E-state index in [4.69, 9.17) is 14.6 Å². The molecular formula is C34H44N2O4. The normalized spacial score (nSPS) is 13.6. The van der Waals surface area contributed by atoms with Gasteiger partial charge in [0.15, 0.2) is 0 Å². The molecule has 1 heterocycles. The van der Waals surface area contributed by atoms with Gasteiger partial charge in [0.25, 0.3) is 0 Å². The van der Waals surface area contributed by atoms with Gasteiger partial charge in [-0.3, -0.25) is 0 Å². The van der Waals surface area contributed by atoms with E-state index in [1.165, 1.54) is 24.1 Å². The van der Waals surface area contributed by atoms with Crippen molar-refractivity contribution in [2.45, 2.75) is 71.8 Å². The Morgan fingerprint density at radius 1 is 0.925 bits per heavy atom. The molecule has 0 spiro atoms. The number of benzene rings is 3. The van der Waals surface area contributed by atoms with E-state index in [9.17, 15) is 4.79 Å². The molecule has 0 radical (unpaired) electrons. The summed E-state index contributed by atoms with van der Waals surface area (Å²) in [7, 11) is 0. The standard InChI is InChI=1S/C34H44N2O4/c1-24(2)35-18-6-9-21-39-32-17-13-26(25-10-14-28(15-11-25)40-33(37)38)22-29(32)27-12-16-31(36-19-7-8-20-36)30(23-27)34(3,4)5/h10-17,22-24,35H,6-9,18-21H2,1-5H3,(H,37,38). The summed E-state index contributed by atoms with van der Waals surface area (Å²) < 4.78 is 11.2. The van der Waals surface area contributed by atoms with E-state index in [1.54, 1.807) is 12.1 Å². The van der Waals surface area contributed by atoms with Crippen molar-refractivity contribution in [3.63, 3.8) is 0 Å². The highest BCUT2D eigenvalue weighted by atomic mass is 16.7. The van der Waals surface area contributed by atoms with Gasteiger partial charge in [-0.1, -0.05) is 58.9 Å². The van der Waals surface area contributed by atoms with Gasteiger partial charge in [-0.15, -0.1) is 0 Å². The molecule has 6 heteroatoms. The first kappa shape index (κ1) is 29.5. The van der Waals surface area contributed by atoms with Crippen molar-refractivity contribution < 1.29 is 19.4 Å². The number of anilines is 1. The van der Waals surface area contributed by atoms with Crippen LogP contribution in [0.2, 0.25) is 0 Å². The second-order valence-electron chi connectivity index (χ2n) is 11.9. The molecule has 214 valence electrons. The highest BCUT2D eigenvalue weighted by Crippen LogP contribution is 2.40. The number of carbonyl (C=O) groups is 1. The summed E-state index contributed by atoms with van der Waals surface area (Å²) in [6, 6.07) is 20.8. The molecule has 4 rings (SSSR count). The van der Waals surface area contributed by atoms with E-state index in [0.29, 0.717) is 18.4 Å². The predicted molar refractivity (Wildman–Crippen MR) is 164 cm³/mol. The lowest BCUT2D eigenvalue weighted by Gasteiger charge is -2.29. The third-order valence-corrected chi connectivity index (χ3v) is 7.32. The Labute approximate surface area is 239 Å². The van der Waals surface area contributed by atoms with Crippen molar-refractivity contribution in [3.8, 4) is 33.8 Å². The summed E-state index contributed by atoms with van der Waals surface area (Å²) in [4.78, 5) is 13.4. The van der Waals surface area contributed by atoms with Crippen LogP contribution >= 0.6 is 0 Å². The first-order valence-corrected chi connectivity index (χ1v) is 14.5. The van der Waals surface area contributed by atoms with Gasteiger partial charge < -0.3 is 24.8 Å². The second kappa shape index (κ2) is 13.2. The molecule has 6 nitrogen and oxygen atoms in total. The molecule has 3 aromatic carbocycles. The van der Waals surface area contributed by atoms with Gasteiger partial charge in [0.1, 0.15) is 11.5 Å². The van der Waals surface area contributed by atoms with Gasteiger partial charge in [-0.25, -0.2) is 4.79 Å². The number of nitrogens with zero attached hydrogens (tertiary/aromatic N) is 1. The fourth-order valence-electron chi connectivity index (χ4n) is 5.22. The quantitative estimate of drug-likeness (QED) is 0.144. The Morgan fingerprint density at radius 3 is 2.25 bits per heavy atom. The Bertz CT molecular complexity index is 1270. The molecule has 0 bridgehead atoms. The minimum absolute atomic E-state index is 0.00402. The largest absolute Gasteiger partial charge is 0.511 e. The van der Waals surface area contributed by atoms with Crippen molar-refractivity contribution in [2.75, 3.05) is 31.1 Å². The second-order valence-corrected chi connectivity index (χ2v) is 11.9. The van der Waals surface area contributed by atoms with Crippen LogP contribution in [0, 0.1) is 0 Å². The molecule has 0 aromatic heterocycles. The monoisotopic (exact) mass is 544 g/mol. The molecule has 0 aliphatic carbocycles. The maximum atomic E-state index is 10.9. The Kier molecular flexibility index (Phi) is 9.75. The van der Waals surface area contributed by atoms with E-state index in [2.05, 4.69) is 81.2 Å². The minimum Gasteiger partial charge on any atom is -0.493 e. The van der Waals surface area contributed by atoms with Crippen molar-refractivity contribution in [1.82, 2.24) is 5.32 Å². The number of rotatable bonds is 11. The van der Waals surface area contributed by atoms with Crippen LogP contribution in [0.3, 0.4) is 0 Å². The average Bonchev–Trinajstić information content (AvgIpc) is 3.45. The Hall–Kier alpha value is -3.51. The maximum absolute atomic E-state index is 10.9. The van der Waals surface area contributed by atoms with Gasteiger partial charge in [-0.05, 0) is 96.3 Å². The molecular weight excluding hydrogens is 500 g/mol. The van der Waals surface area contributed by atoms with Crippen LogP contribution in [0.25, 0.3) is 22.3 Å². The summed E-state index contributed by atoms with van der Waals surface area (Å²) in [5.41, 5.74) is 6.88. The molecule has 0 amide bonds. The van der Waals surface area contributed by atoms with Crippen LogP contribution in [0.1, 0.15) is 65.9 Å². The van der Waals surface area contributed by atoms with Crippen LogP contribution in [-0.4, -0.2) is 43.5 Å². The van der Waals surface area contributed by atoms with E-state index in [-0.39, 0.29) is 5.41 Å². The van der Waals surface area contributed by atoms with E-state index < -0.39 is 6.16 Å². The van der Waals surface area contributed by atoms with Gasteiger partial charge in [-0.2, -0.15) is 0 Å². The third kappa shape index (κ3) is 7.79. The highest BCUT2D eigenvalue weighted by molar-refractivity contribution is 5.80. The van der Waals surface area contributed by atoms with Gasteiger partial charge >= 0.3 is 6.16 Å². The lowest BCUT2D eigenvalue weighted by atomic mass is 9.83. The topological polar surface area (TPSA) is 71.0 Å². The van der Waals surface area contributed by atoms with Crippen LogP contribution < -0.4 is 19.7 Å². The van der Waals surface area contributed by atoms with Gasteiger partial charge in [0.05, 0.1) is 6.61 Å². The molecule has 1 aliphatic rings. The summed E-state index contributed by atoms with van der Waals surface area (Å²) in [5.74, 6) is 1.18. The minimum atomic E-state index is -1.32. The van der Waals surface area contributed by atoms with Crippen molar-refractivity contribution in [1.29, 1.82) is 0 Å². The Balaban J connectivity index is 1.67. The average molecular weight is 545 g/mol. The lowest BCUT2D eigenvalue weighted by Crippen LogP contribution is -2.23. The first-order chi connectivity index (χ1) is 19.1. The Morgan fingerprint density at radius 2 is 1.60 bits per heavy atom. The molecule has 0 atom stereocenters. The summed E-state index contributed by atoms with van der Waals surface area (Å²) in [6.45, 7) is 15.0. The van der Waals surface area contributed by atoms with Crippen molar-refractivity contribution >= 4 is 11.8 Å². The lowest BCUT2D eigenvalue weighted by molar-refractivity contribution is 0.144. The maximum Gasteiger partial charge on any atom is 0.511 e. The molecule has 40 heavy (non-hydrogen) atoms. The molecule has 0 unspecified atom stereocenters. The number of unbranched alkanes of at least 4 members (excludes halogenated alkanes) is 1. The van der Waals surface area contributed by atoms with Crippen LogP contribution in [0.15, 0.2) is 60.7 Å². The predicted octanol–water partition coefficient (Wildman–Crippen LogP) is 8.13. The van der Waals surface area contributed by atoms with Crippen molar-refractivity contribution in [3.05, 3.63) is 66.2 Å². The summed E-state index contributed by atoms with van der Waals surface area (Å²) >= 11 is 0. The SMILES string of the molecule is CC(C)NCCCCOc1ccc(-c2ccc(OC(=O)O)cc2)cc1-c1ccc(N2CCCC2)c(C(C)(C)C)c1. The van der Waals surface area contributed by atoms with Gasteiger partial charge in [0.2, 0.25) is 0 Å². The number of nitrogens with one attached hydrogen (secondary N) is 1. The first-order valence-electron chi connectivity index (χ1n) is 14.5. The number of carboxylic acid groups (broad SMARTS) is 1. The zero-order valence-corrected chi connectivity index (χ0v) is 24.6. The molecule has 1 fully saturated rings. The zero-order valence-electron chi connectivity index (χ0n) is 24.6. The number of hydrogen-bond donors (Lipinski definition) is 2. The van der Waals surface area contributed by atoms with E-state index >= 15 is 0 Å². The molecule has 3 aromatic rings. The fraction of sp³-hybridized carbons (Fsp3) is 0.441. The molecule has 2 N–H and O–H groups in total. The fourth-order valence-corrected chi connectivity index (χ4v) is 5.22.